The van der Waals surface area contributed by atoms with Crippen LogP contribution in [0.1, 0.15) is 85.5 Å². The maximum absolute atomic E-state index is 11.5. The van der Waals surface area contributed by atoms with E-state index in [1.165, 1.54) is 44.9 Å². The Labute approximate surface area is 176 Å². The van der Waals surface area contributed by atoms with Crippen LogP contribution in [0, 0.1) is 40.4 Å². The predicted molar refractivity (Wildman–Crippen MR) is 111 cm³/mol. The summed E-state index contributed by atoms with van der Waals surface area (Å²) in [6, 6.07) is 0. The predicted octanol–water partition coefficient (Wildman–Crippen LogP) is 5.34. The van der Waals surface area contributed by atoms with Crippen LogP contribution in [0.2, 0.25) is 0 Å². The van der Waals surface area contributed by atoms with Gasteiger partial charge in [0.2, 0.25) is 0 Å². The van der Waals surface area contributed by atoms with E-state index in [1.807, 2.05) is 0 Å². The summed E-state index contributed by atoms with van der Waals surface area (Å²) in [5.74, 6) is 3.31. The van der Waals surface area contributed by atoms with Gasteiger partial charge in [0.1, 0.15) is 6.10 Å². The quantitative estimate of drug-likeness (QED) is 0.583. The van der Waals surface area contributed by atoms with Crippen molar-refractivity contribution < 1.29 is 19.0 Å². The Morgan fingerprint density at radius 3 is 2.28 bits per heavy atom. The average Bonchev–Trinajstić information content (AvgIpc) is 3.25. The highest BCUT2D eigenvalue weighted by atomic mass is 16.7. The fraction of sp³-hybridized carbons (Fsp3) is 0.960. The van der Waals surface area contributed by atoms with E-state index in [4.69, 9.17) is 14.2 Å². The highest BCUT2D eigenvalue weighted by Gasteiger charge is 2.63. The number of rotatable bonds is 2. The molecule has 4 saturated carbocycles. The molecule has 4 nitrogen and oxygen atoms in total. The van der Waals surface area contributed by atoms with Gasteiger partial charge in [0.05, 0.1) is 13.2 Å². The summed E-state index contributed by atoms with van der Waals surface area (Å²) >= 11 is 0. The number of esters is 1. The van der Waals surface area contributed by atoms with Crippen molar-refractivity contribution >= 4 is 5.97 Å². The van der Waals surface area contributed by atoms with Gasteiger partial charge in [-0.05, 0) is 99.2 Å². The van der Waals surface area contributed by atoms with Gasteiger partial charge in [0, 0.05) is 12.8 Å². The van der Waals surface area contributed by atoms with Crippen molar-refractivity contribution in [3.8, 4) is 0 Å². The largest absolute Gasteiger partial charge is 0.463 e. The third-order valence-electron chi connectivity index (χ3n) is 10.4. The standard InChI is InChI=1S/C25H40O4/c1-16(26)29-18-9-11-23(2)17(15-18)5-6-19-20-7-8-22(25(4)27-13-14-28-25)24(20,3)12-10-21(19)23/h17-22H,5-15H2,1-4H3/t17-,18+,19-,20-,21-,22-,23-,24-/m0/s1. The number of carbonyl (C=O) groups excluding carboxylic acids is 1. The van der Waals surface area contributed by atoms with E-state index in [9.17, 15) is 4.79 Å². The first-order chi connectivity index (χ1) is 13.8. The Kier molecular flexibility index (Phi) is 4.87. The molecule has 0 bridgehead atoms. The zero-order chi connectivity index (χ0) is 20.4. The Bertz CT molecular complexity index is 655. The van der Waals surface area contributed by atoms with E-state index in [0.717, 1.165) is 49.7 Å². The number of ether oxygens (including phenoxy) is 3. The molecule has 0 amide bonds. The molecule has 1 saturated heterocycles. The van der Waals surface area contributed by atoms with Crippen molar-refractivity contribution in [2.24, 2.45) is 40.4 Å². The summed E-state index contributed by atoms with van der Waals surface area (Å²) in [5.41, 5.74) is 0.793. The van der Waals surface area contributed by atoms with Crippen LogP contribution in [0.4, 0.5) is 0 Å². The Hall–Kier alpha value is -0.610. The maximum Gasteiger partial charge on any atom is 0.302 e. The topological polar surface area (TPSA) is 44.8 Å². The van der Waals surface area contributed by atoms with Crippen molar-refractivity contribution in [1.29, 1.82) is 0 Å². The molecule has 5 fully saturated rings. The third kappa shape index (κ3) is 3.03. The molecule has 0 unspecified atom stereocenters. The molecule has 1 heterocycles. The number of hydrogen-bond donors (Lipinski definition) is 0. The second-order valence-electron chi connectivity index (χ2n) is 11.6. The Morgan fingerprint density at radius 1 is 0.862 bits per heavy atom. The first kappa shape index (κ1) is 20.3. The monoisotopic (exact) mass is 404 g/mol. The van der Waals surface area contributed by atoms with Gasteiger partial charge in [0.15, 0.2) is 5.79 Å². The molecule has 0 aromatic carbocycles. The molecule has 8 atom stereocenters. The van der Waals surface area contributed by atoms with Gasteiger partial charge in [-0.1, -0.05) is 13.8 Å². The van der Waals surface area contributed by atoms with E-state index >= 15 is 0 Å². The van der Waals surface area contributed by atoms with Crippen molar-refractivity contribution in [1.82, 2.24) is 0 Å². The van der Waals surface area contributed by atoms with E-state index in [2.05, 4.69) is 20.8 Å². The van der Waals surface area contributed by atoms with Gasteiger partial charge in [-0.2, -0.15) is 0 Å². The molecule has 0 aromatic heterocycles. The van der Waals surface area contributed by atoms with Crippen LogP contribution in [0.5, 0.6) is 0 Å². The summed E-state index contributed by atoms with van der Waals surface area (Å²) in [5, 5.41) is 0. The maximum atomic E-state index is 11.5. The summed E-state index contributed by atoms with van der Waals surface area (Å²) in [6.45, 7) is 10.4. The third-order valence-corrected chi connectivity index (χ3v) is 10.4. The molecule has 0 N–H and O–H groups in total. The fourth-order valence-electron chi connectivity index (χ4n) is 9.15. The molecule has 0 aromatic rings. The summed E-state index contributed by atoms with van der Waals surface area (Å²) in [4.78, 5) is 11.5. The zero-order valence-corrected chi connectivity index (χ0v) is 18.9. The minimum atomic E-state index is -0.362. The molecule has 4 heteroatoms. The molecule has 0 radical (unpaired) electrons. The average molecular weight is 405 g/mol. The Balaban J connectivity index is 1.35. The Morgan fingerprint density at radius 2 is 1.55 bits per heavy atom. The fourth-order valence-corrected chi connectivity index (χ4v) is 9.15. The van der Waals surface area contributed by atoms with Gasteiger partial charge in [-0.25, -0.2) is 0 Å². The first-order valence-electron chi connectivity index (χ1n) is 12.2. The highest BCUT2D eigenvalue weighted by Crippen LogP contribution is 2.69. The van der Waals surface area contributed by atoms with E-state index in [0.29, 0.717) is 16.7 Å². The van der Waals surface area contributed by atoms with Crippen LogP contribution in [0.25, 0.3) is 0 Å². The van der Waals surface area contributed by atoms with Crippen molar-refractivity contribution in [3.05, 3.63) is 0 Å². The number of fused-ring (bicyclic) bond motifs is 5. The van der Waals surface area contributed by atoms with Crippen LogP contribution in [-0.2, 0) is 19.0 Å². The van der Waals surface area contributed by atoms with Crippen LogP contribution in [0.15, 0.2) is 0 Å². The molecule has 29 heavy (non-hydrogen) atoms. The van der Waals surface area contributed by atoms with Crippen molar-refractivity contribution in [2.45, 2.75) is 97.4 Å². The SMILES string of the molecule is CC(=O)O[C@@H]1CC[C@@]2(C)[C@@H](CC[C@@H]3[C@@H]2CC[C@]2(C)[C@@H](C4(C)OCCO4)CC[C@@H]32)C1. The van der Waals surface area contributed by atoms with Gasteiger partial charge in [0.25, 0.3) is 0 Å². The molecule has 4 aliphatic carbocycles. The van der Waals surface area contributed by atoms with Crippen LogP contribution >= 0.6 is 0 Å². The summed E-state index contributed by atoms with van der Waals surface area (Å²) < 4.78 is 17.9. The number of hydrogen-bond acceptors (Lipinski definition) is 4. The molecule has 5 rings (SSSR count). The normalized spacial score (nSPS) is 51.0. The molecule has 0 spiro atoms. The second kappa shape index (κ2) is 6.95. The molecule has 164 valence electrons. The van der Waals surface area contributed by atoms with Crippen LogP contribution < -0.4 is 0 Å². The van der Waals surface area contributed by atoms with Gasteiger partial charge < -0.3 is 14.2 Å². The summed E-state index contributed by atoms with van der Waals surface area (Å²) in [6.07, 6.45) is 11.5. The molecular formula is C25H40O4. The van der Waals surface area contributed by atoms with Crippen molar-refractivity contribution in [3.63, 3.8) is 0 Å². The molecule has 1 aliphatic heterocycles. The smallest absolute Gasteiger partial charge is 0.302 e. The minimum absolute atomic E-state index is 0.109. The van der Waals surface area contributed by atoms with Crippen LogP contribution in [-0.4, -0.2) is 31.1 Å². The highest BCUT2D eigenvalue weighted by molar-refractivity contribution is 5.66. The lowest BCUT2D eigenvalue weighted by atomic mass is 9.44. The zero-order valence-electron chi connectivity index (χ0n) is 18.9. The number of carbonyl (C=O) groups is 1. The first-order valence-corrected chi connectivity index (χ1v) is 12.2. The lowest BCUT2D eigenvalue weighted by Crippen LogP contribution is -2.55. The van der Waals surface area contributed by atoms with E-state index < -0.39 is 0 Å². The van der Waals surface area contributed by atoms with Crippen molar-refractivity contribution in [2.75, 3.05) is 13.2 Å². The van der Waals surface area contributed by atoms with Gasteiger partial charge >= 0.3 is 5.97 Å². The second-order valence-corrected chi connectivity index (χ2v) is 11.6. The van der Waals surface area contributed by atoms with E-state index in [-0.39, 0.29) is 17.9 Å². The van der Waals surface area contributed by atoms with Gasteiger partial charge in [-0.15, -0.1) is 0 Å². The van der Waals surface area contributed by atoms with E-state index in [1.54, 1.807) is 6.92 Å². The molecule has 5 aliphatic rings. The van der Waals surface area contributed by atoms with Crippen LogP contribution in [0.3, 0.4) is 0 Å². The summed E-state index contributed by atoms with van der Waals surface area (Å²) in [7, 11) is 0. The molecular weight excluding hydrogens is 364 g/mol. The lowest BCUT2D eigenvalue weighted by molar-refractivity contribution is -0.219. The minimum Gasteiger partial charge on any atom is -0.463 e. The van der Waals surface area contributed by atoms with Gasteiger partial charge in [-0.3, -0.25) is 4.79 Å². The lowest BCUT2D eigenvalue weighted by Gasteiger charge is -2.61.